The molecule has 0 aromatic heterocycles. The molecule has 2 unspecified atom stereocenters. The fourth-order valence-corrected chi connectivity index (χ4v) is 7.94. The van der Waals surface area contributed by atoms with E-state index in [1.54, 1.807) is 0 Å². The summed E-state index contributed by atoms with van der Waals surface area (Å²) in [4.78, 5) is 2.77. The van der Waals surface area contributed by atoms with Gasteiger partial charge in [0.05, 0.1) is 0 Å². The molecule has 6 rings (SSSR count). The molecule has 0 spiro atoms. The Hall–Kier alpha value is -1.76. The van der Waals surface area contributed by atoms with E-state index in [1.165, 1.54) is 61.0 Å². The fourth-order valence-electron chi connectivity index (χ4n) is 7.94. The molecule has 0 saturated heterocycles. The minimum atomic E-state index is 0.268. The van der Waals surface area contributed by atoms with Crippen molar-refractivity contribution in [3.63, 3.8) is 0 Å². The molecule has 4 aliphatic carbocycles. The second-order valence-corrected chi connectivity index (χ2v) is 10.8. The minimum Gasteiger partial charge on any atom is -0.335 e. The van der Waals surface area contributed by atoms with Crippen molar-refractivity contribution < 1.29 is 0 Å². The largest absolute Gasteiger partial charge is 0.335 e. The fraction of sp³-hybridized carbons (Fsp3) is 0.538. The Morgan fingerprint density at radius 1 is 0.815 bits per heavy atom. The van der Waals surface area contributed by atoms with Crippen molar-refractivity contribution in [1.29, 1.82) is 0 Å². The molecule has 4 fully saturated rings. The predicted octanol–water partition coefficient (Wildman–Crippen LogP) is 7.19. The van der Waals surface area contributed by atoms with Crippen molar-refractivity contribution in [3.8, 4) is 0 Å². The SMILES string of the molecule is Cc1ccc(N(c2ccccc2)C23CC4CC(C)(CC(C)(C4)C2)C3)c(C)c1. The maximum absolute atomic E-state index is 2.77. The molecule has 4 aliphatic rings. The molecule has 2 aromatic rings. The topological polar surface area (TPSA) is 3.24 Å². The van der Waals surface area contributed by atoms with E-state index in [4.69, 9.17) is 0 Å². The van der Waals surface area contributed by atoms with Gasteiger partial charge in [-0.2, -0.15) is 0 Å². The van der Waals surface area contributed by atoms with Gasteiger partial charge in [0, 0.05) is 16.9 Å². The van der Waals surface area contributed by atoms with Crippen molar-refractivity contribution in [1.82, 2.24) is 0 Å². The van der Waals surface area contributed by atoms with Crippen LogP contribution in [0.25, 0.3) is 0 Å². The number of rotatable bonds is 3. The second kappa shape index (κ2) is 5.63. The lowest BCUT2D eigenvalue weighted by molar-refractivity contribution is -0.104. The smallest absolute Gasteiger partial charge is 0.0464 e. The van der Waals surface area contributed by atoms with Crippen molar-refractivity contribution in [2.75, 3.05) is 4.90 Å². The number of hydrogen-bond acceptors (Lipinski definition) is 1. The number of aryl methyl sites for hydroxylation is 2. The Bertz CT molecular complexity index is 849. The maximum atomic E-state index is 2.77. The lowest BCUT2D eigenvalue weighted by atomic mass is 9.42. The monoisotopic (exact) mass is 359 g/mol. The van der Waals surface area contributed by atoms with Crippen molar-refractivity contribution >= 4 is 11.4 Å². The summed E-state index contributed by atoms with van der Waals surface area (Å²) in [6, 6.07) is 18.2. The van der Waals surface area contributed by atoms with Gasteiger partial charge in [0.25, 0.3) is 0 Å². The molecule has 0 radical (unpaired) electrons. The van der Waals surface area contributed by atoms with E-state index in [0.717, 1.165) is 5.92 Å². The van der Waals surface area contributed by atoms with Crippen LogP contribution in [0, 0.1) is 30.6 Å². The van der Waals surface area contributed by atoms with Gasteiger partial charge in [-0.1, -0.05) is 49.7 Å². The predicted molar refractivity (Wildman–Crippen MR) is 115 cm³/mol. The number of nitrogens with zero attached hydrogens (tertiary/aromatic N) is 1. The van der Waals surface area contributed by atoms with Crippen LogP contribution in [0.1, 0.15) is 63.5 Å². The molecular formula is C26H33N. The van der Waals surface area contributed by atoms with Crippen LogP contribution in [0.2, 0.25) is 0 Å². The lowest BCUT2D eigenvalue weighted by Gasteiger charge is -2.68. The Morgan fingerprint density at radius 2 is 1.48 bits per heavy atom. The second-order valence-electron chi connectivity index (χ2n) is 10.8. The summed E-state index contributed by atoms with van der Waals surface area (Å²) in [5, 5.41) is 0. The highest BCUT2D eigenvalue weighted by Crippen LogP contribution is 2.68. The summed E-state index contributed by atoms with van der Waals surface area (Å²) in [5.74, 6) is 0.896. The number of anilines is 2. The first-order valence-corrected chi connectivity index (χ1v) is 10.7. The maximum Gasteiger partial charge on any atom is 0.0464 e. The van der Waals surface area contributed by atoms with Crippen LogP contribution in [0.15, 0.2) is 48.5 Å². The van der Waals surface area contributed by atoms with Crippen LogP contribution in [0.5, 0.6) is 0 Å². The van der Waals surface area contributed by atoms with Crippen LogP contribution in [-0.4, -0.2) is 5.54 Å². The molecule has 2 atom stereocenters. The Balaban J connectivity index is 1.69. The van der Waals surface area contributed by atoms with Crippen molar-refractivity contribution in [3.05, 3.63) is 59.7 Å². The normalized spacial score (nSPS) is 36.8. The molecule has 0 amide bonds. The van der Waals surface area contributed by atoms with Crippen molar-refractivity contribution in [2.45, 2.75) is 71.8 Å². The van der Waals surface area contributed by atoms with Gasteiger partial charge < -0.3 is 4.90 Å². The molecule has 27 heavy (non-hydrogen) atoms. The zero-order chi connectivity index (χ0) is 18.9. The van der Waals surface area contributed by atoms with E-state index < -0.39 is 0 Å². The molecule has 0 N–H and O–H groups in total. The molecule has 142 valence electrons. The van der Waals surface area contributed by atoms with Crippen LogP contribution < -0.4 is 4.90 Å². The third kappa shape index (κ3) is 2.73. The van der Waals surface area contributed by atoms with Gasteiger partial charge in [0.2, 0.25) is 0 Å². The minimum absolute atomic E-state index is 0.268. The van der Waals surface area contributed by atoms with E-state index in [0.29, 0.717) is 10.8 Å². The summed E-state index contributed by atoms with van der Waals surface area (Å²) >= 11 is 0. The van der Waals surface area contributed by atoms with Crippen LogP contribution >= 0.6 is 0 Å². The zero-order valence-electron chi connectivity index (χ0n) is 17.4. The first-order chi connectivity index (χ1) is 12.8. The number of para-hydroxylation sites is 1. The molecule has 1 nitrogen and oxygen atoms in total. The van der Waals surface area contributed by atoms with E-state index in [-0.39, 0.29) is 5.54 Å². The number of hydrogen-bond donors (Lipinski definition) is 0. The third-order valence-electron chi connectivity index (χ3n) is 7.68. The zero-order valence-corrected chi connectivity index (χ0v) is 17.4. The van der Waals surface area contributed by atoms with Gasteiger partial charge in [-0.05, 0) is 92.9 Å². The van der Waals surface area contributed by atoms with E-state index in [1.807, 2.05) is 0 Å². The highest BCUT2D eigenvalue weighted by molar-refractivity contribution is 5.69. The standard InChI is InChI=1S/C26H33N/c1-19-10-11-23(20(2)12-19)27(22-8-6-5-7-9-22)26-15-21-13-24(3,17-26)16-25(4,14-21)18-26/h5-12,21H,13-18H2,1-4H3. The van der Waals surface area contributed by atoms with Crippen molar-refractivity contribution in [2.24, 2.45) is 16.7 Å². The third-order valence-corrected chi connectivity index (χ3v) is 7.68. The van der Waals surface area contributed by atoms with Gasteiger partial charge in [0.1, 0.15) is 0 Å². The summed E-state index contributed by atoms with van der Waals surface area (Å²) in [6.45, 7) is 9.66. The Kier molecular flexibility index (Phi) is 3.61. The lowest BCUT2D eigenvalue weighted by Crippen LogP contribution is -2.64. The highest BCUT2D eigenvalue weighted by atomic mass is 15.2. The molecular weight excluding hydrogens is 326 g/mol. The first-order valence-electron chi connectivity index (χ1n) is 10.7. The average Bonchev–Trinajstić information content (AvgIpc) is 2.54. The van der Waals surface area contributed by atoms with Crippen LogP contribution in [0.3, 0.4) is 0 Å². The van der Waals surface area contributed by atoms with Gasteiger partial charge in [-0.15, -0.1) is 0 Å². The summed E-state index contributed by atoms with van der Waals surface area (Å²) < 4.78 is 0. The van der Waals surface area contributed by atoms with E-state index in [9.17, 15) is 0 Å². The molecule has 4 saturated carbocycles. The Morgan fingerprint density at radius 3 is 2.07 bits per heavy atom. The molecule has 0 aliphatic heterocycles. The average molecular weight is 360 g/mol. The highest BCUT2D eigenvalue weighted by Gasteiger charge is 2.62. The van der Waals surface area contributed by atoms with Gasteiger partial charge in [-0.25, -0.2) is 0 Å². The summed E-state index contributed by atoms with van der Waals surface area (Å²) in [6.07, 6.45) is 8.36. The molecule has 2 aromatic carbocycles. The number of benzene rings is 2. The summed E-state index contributed by atoms with van der Waals surface area (Å²) in [5.41, 5.74) is 6.85. The molecule has 1 heteroatoms. The van der Waals surface area contributed by atoms with Gasteiger partial charge in [0.15, 0.2) is 0 Å². The first kappa shape index (κ1) is 17.3. The van der Waals surface area contributed by atoms with Gasteiger partial charge >= 0.3 is 0 Å². The van der Waals surface area contributed by atoms with Crippen LogP contribution in [-0.2, 0) is 0 Å². The van der Waals surface area contributed by atoms with E-state index in [2.05, 4.69) is 81.1 Å². The quantitative estimate of drug-likeness (QED) is 0.560. The van der Waals surface area contributed by atoms with Gasteiger partial charge in [-0.3, -0.25) is 0 Å². The van der Waals surface area contributed by atoms with Crippen LogP contribution in [0.4, 0.5) is 11.4 Å². The molecule has 0 heterocycles. The Labute approximate surface area is 164 Å². The molecule has 4 bridgehead atoms. The summed E-state index contributed by atoms with van der Waals surface area (Å²) in [7, 11) is 0. The van der Waals surface area contributed by atoms with E-state index >= 15 is 0 Å².